The summed E-state index contributed by atoms with van der Waals surface area (Å²) in [6.45, 7) is 1.47. The first-order chi connectivity index (χ1) is 9.30. The number of ether oxygens (including phenoxy) is 2. The van der Waals surface area contributed by atoms with Gasteiger partial charge in [0.05, 0.1) is 20.6 Å². The number of rotatable bonds is 7. The average molecular weight is 303 g/mol. The van der Waals surface area contributed by atoms with E-state index in [-0.39, 0.29) is 17.1 Å². The normalized spacial score (nSPS) is 12.8. The summed E-state index contributed by atoms with van der Waals surface area (Å²) in [5, 5.41) is 8.65. The van der Waals surface area contributed by atoms with Crippen LogP contribution >= 0.6 is 0 Å². The van der Waals surface area contributed by atoms with E-state index < -0.39 is 22.0 Å². The van der Waals surface area contributed by atoms with Crippen LogP contribution in [-0.4, -0.2) is 39.8 Å². The minimum absolute atomic E-state index is 0.100. The third-order valence-electron chi connectivity index (χ3n) is 2.50. The van der Waals surface area contributed by atoms with Crippen LogP contribution < -0.4 is 14.2 Å². The summed E-state index contributed by atoms with van der Waals surface area (Å²) < 4.78 is 36.7. The third kappa shape index (κ3) is 4.10. The van der Waals surface area contributed by atoms with Gasteiger partial charge >= 0.3 is 5.97 Å². The molecule has 1 unspecified atom stereocenters. The van der Waals surface area contributed by atoms with Gasteiger partial charge in [-0.2, -0.15) is 0 Å². The SMILES string of the molecule is COc1ccc(OC)c(S(=O)(=O)NC(C)CC(=O)O)c1. The highest BCUT2D eigenvalue weighted by Gasteiger charge is 2.23. The standard InChI is InChI=1S/C12H17NO6S/c1-8(6-12(14)15)13-20(16,17)11-7-9(18-2)4-5-10(11)19-3/h4-5,7-8,13H,6H2,1-3H3,(H,14,15). The van der Waals surface area contributed by atoms with Gasteiger partial charge in [-0.05, 0) is 19.1 Å². The van der Waals surface area contributed by atoms with E-state index in [1.165, 1.54) is 33.3 Å². The molecule has 0 heterocycles. The van der Waals surface area contributed by atoms with E-state index >= 15 is 0 Å². The zero-order chi connectivity index (χ0) is 15.3. The largest absolute Gasteiger partial charge is 0.497 e. The summed E-state index contributed by atoms with van der Waals surface area (Å²) in [5.74, 6) is -0.573. The molecule has 2 N–H and O–H groups in total. The Bertz CT molecular complexity index is 584. The van der Waals surface area contributed by atoms with Gasteiger partial charge in [0.2, 0.25) is 10.0 Å². The molecule has 0 aromatic heterocycles. The Hall–Kier alpha value is -1.80. The molecule has 0 amide bonds. The number of aliphatic carboxylic acids is 1. The number of carboxylic acid groups (broad SMARTS) is 1. The second-order valence-corrected chi connectivity index (χ2v) is 5.82. The van der Waals surface area contributed by atoms with Crippen molar-refractivity contribution in [3.63, 3.8) is 0 Å². The van der Waals surface area contributed by atoms with E-state index in [4.69, 9.17) is 14.6 Å². The van der Waals surface area contributed by atoms with Crippen LogP contribution in [0.4, 0.5) is 0 Å². The van der Waals surface area contributed by atoms with Gasteiger partial charge in [0, 0.05) is 12.1 Å². The van der Waals surface area contributed by atoms with Crippen molar-refractivity contribution in [2.75, 3.05) is 14.2 Å². The molecule has 8 heteroatoms. The molecule has 20 heavy (non-hydrogen) atoms. The molecule has 0 radical (unpaired) electrons. The molecule has 0 spiro atoms. The molecule has 0 saturated heterocycles. The fraction of sp³-hybridized carbons (Fsp3) is 0.417. The van der Waals surface area contributed by atoms with Crippen molar-refractivity contribution in [1.29, 1.82) is 0 Å². The second-order valence-electron chi connectivity index (χ2n) is 4.14. The Labute approximate surface area is 117 Å². The Balaban J connectivity index is 3.10. The molecule has 1 aromatic rings. The van der Waals surface area contributed by atoms with Crippen LogP contribution in [0.2, 0.25) is 0 Å². The molecule has 1 aromatic carbocycles. The van der Waals surface area contributed by atoms with Crippen LogP contribution in [0.25, 0.3) is 0 Å². The van der Waals surface area contributed by atoms with Crippen molar-refractivity contribution in [1.82, 2.24) is 4.72 Å². The maximum atomic E-state index is 12.2. The van der Waals surface area contributed by atoms with E-state index in [2.05, 4.69) is 4.72 Å². The summed E-state index contributed by atoms with van der Waals surface area (Å²) >= 11 is 0. The van der Waals surface area contributed by atoms with E-state index in [1.807, 2.05) is 0 Å². The number of nitrogens with one attached hydrogen (secondary N) is 1. The Morgan fingerprint density at radius 1 is 1.35 bits per heavy atom. The molecule has 0 saturated carbocycles. The maximum Gasteiger partial charge on any atom is 0.304 e. The first-order valence-electron chi connectivity index (χ1n) is 5.76. The molecule has 0 aliphatic rings. The predicted octanol–water partition coefficient (Wildman–Crippen LogP) is 0.845. The fourth-order valence-electron chi connectivity index (χ4n) is 1.63. The van der Waals surface area contributed by atoms with Crippen LogP contribution in [0, 0.1) is 0 Å². The van der Waals surface area contributed by atoms with Gasteiger partial charge in [-0.1, -0.05) is 0 Å². The second kappa shape index (κ2) is 6.58. The molecular weight excluding hydrogens is 286 g/mol. The molecule has 0 aliphatic heterocycles. The molecule has 1 atom stereocenters. The number of benzene rings is 1. The number of hydrogen-bond acceptors (Lipinski definition) is 5. The molecule has 0 bridgehead atoms. The Morgan fingerprint density at radius 3 is 2.50 bits per heavy atom. The molecule has 0 fully saturated rings. The first-order valence-corrected chi connectivity index (χ1v) is 7.24. The van der Waals surface area contributed by atoms with Gasteiger partial charge in [-0.15, -0.1) is 0 Å². The maximum absolute atomic E-state index is 12.2. The van der Waals surface area contributed by atoms with Crippen molar-refractivity contribution < 1.29 is 27.8 Å². The number of carboxylic acids is 1. The smallest absolute Gasteiger partial charge is 0.304 e. The summed E-state index contributed by atoms with van der Waals surface area (Å²) in [6.07, 6.45) is -0.314. The molecule has 0 aliphatic carbocycles. The zero-order valence-electron chi connectivity index (χ0n) is 11.4. The van der Waals surface area contributed by atoms with Crippen molar-refractivity contribution in [3.05, 3.63) is 18.2 Å². The van der Waals surface area contributed by atoms with Crippen molar-refractivity contribution in [2.45, 2.75) is 24.3 Å². The lowest BCUT2D eigenvalue weighted by Gasteiger charge is -2.15. The van der Waals surface area contributed by atoms with E-state index in [0.29, 0.717) is 5.75 Å². The number of sulfonamides is 1. The van der Waals surface area contributed by atoms with Gasteiger partial charge in [-0.3, -0.25) is 4.79 Å². The number of hydrogen-bond donors (Lipinski definition) is 2. The highest BCUT2D eigenvalue weighted by molar-refractivity contribution is 7.89. The van der Waals surface area contributed by atoms with Crippen LogP contribution in [0.3, 0.4) is 0 Å². The number of methoxy groups -OCH3 is 2. The van der Waals surface area contributed by atoms with Gasteiger partial charge in [-0.25, -0.2) is 13.1 Å². The lowest BCUT2D eigenvalue weighted by Crippen LogP contribution is -2.34. The van der Waals surface area contributed by atoms with Crippen LogP contribution in [0.5, 0.6) is 11.5 Å². The minimum atomic E-state index is -3.90. The quantitative estimate of drug-likeness (QED) is 0.774. The zero-order valence-corrected chi connectivity index (χ0v) is 12.2. The summed E-state index contributed by atoms with van der Waals surface area (Å²) in [4.78, 5) is 10.5. The van der Waals surface area contributed by atoms with E-state index in [0.717, 1.165) is 0 Å². The lowest BCUT2D eigenvalue weighted by atomic mass is 10.3. The van der Waals surface area contributed by atoms with Gasteiger partial charge in [0.25, 0.3) is 0 Å². The minimum Gasteiger partial charge on any atom is -0.497 e. The van der Waals surface area contributed by atoms with Crippen LogP contribution in [0.15, 0.2) is 23.1 Å². The molecule has 1 rings (SSSR count). The molecular formula is C12H17NO6S. The Kier molecular flexibility index (Phi) is 5.34. The Morgan fingerprint density at radius 2 is 2.00 bits per heavy atom. The van der Waals surface area contributed by atoms with Crippen LogP contribution in [0.1, 0.15) is 13.3 Å². The van der Waals surface area contributed by atoms with Crippen molar-refractivity contribution in [3.8, 4) is 11.5 Å². The fourth-order valence-corrected chi connectivity index (χ4v) is 3.05. The summed E-state index contributed by atoms with van der Waals surface area (Å²) in [6, 6.07) is 3.61. The van der Waals surface area contributed by atoms with Gasteiger partial charge in [0.15, 0.2) is 0 Å². The highest BCUT2D eigenvalue weighted by Crippen LogP contribution is 2.28. The highest BCUT2D eigenvalue weighted by atomic mass is 32.2. The van der Waals surface area contributed by atoms with E-state index in [9.17, 15) is 13.2 Å². The number of carbonyl (C=O) groups is 1. The van der Waals surface area contributed by atoms with Crippen molar-refractivity contribution in [2.24, 2.45) is 0 Å². The van der Waals surface area contributed by atoms with Crippen molar-refractivity contribution >= 4 is 16.0 Å². The third-order valence-corrected chi connectivity index (χ3v) is 4.11. The average Bonchev–Trinajstić information content (AvgIpc) is 2.36. The predicted molar refractivity (Wildman–Crippen MR) is 71.6 cm³/mol. The first kappa shape index (κ1) is 16.3. The summed E-state index contributed by atoms with van der Waals surface area (Å²) in [7, 11) is -1.13. The van der Waals surface area contributed by atoms with Crippen LogP contribution in [-0.2, 0) is 14.8 Å². The summed E-state index contributed by atoms with van der Waals surface area (Å²) in [5.41, 5.74) is 0. The van der Waals surface area contributed by atoms with Gasteiger partial charge in [0.1, 0.15) is 16.4 Å². The monoisotopic (exact) mass is 303 g/mol. The molecule has 112 valence electrons. The van der Waals surface area contributed by atoms with E-state index in [1.54, 1.807) is 6.07 Å². The molecule has 7 nitrogen and oxygen atoms in total. The lowest BCUT2D eigenvalue weighted by molar-refractivity contribution is -0.137. The van der Waals surface area contributed by atoms with Gasteiger partial charge < -0.3 is 14.6 Å². The topological polar surface area (TPSA) is 102 Å².